The molecule has 2 aliphatic heterocycles. The second kappa shape index (κ2) is 7.50. The first-order valence-electron chi connectivity index (χ1n) is 8.42. The van der Waals surface area contributed by atoms with E-state index in [9.17, 15) is 14.4 Å². The van der Waals surface area contributed by atoms with Crippen molar-refractivity contribution in [2.75, 3.05) is 37.7 Å². The fourth-order valence-corrected chi connectivity index (χ4v) is 3.06. The maximum Gasteiger partial charge on any atom is 0.309 e. The molecule has 0 bridgehead atoms. The summed E-state index contributed by atoms with van der Waals surface area (Å²) in [5, 5.41) is 0. The van der Waals surface area contributed by atoms with Crippen molar-refractivity contribution in [1.82, 2.24) is 9.88 Å². The van der Waals surface area contributed by atoms with E-state index in [2.05, 4.69) is 4.98 Å². The first-order valence-corrected chi connectivity index (χ1v) is 8.42. The molecule has 0 spiro atoms. The highest BCUT2D eigenvalue weighted by molar-refractivity contribution is 6.01. The monoisotopic (exact) mass is 347 g/mol. The Morgan fingerprint density at radius 3 is 2.84 bits per heavy atom. The minimum atomic E-state index is -0.291. The number of hydrogen-bond donors (Lipinski definition) is 0. The van der Waals surface area contributed by atoms with E-state index in [1.165, 1.54) is 4.90 Å². The van der Waals surface area contributed by atoms with E-state index in [4.69, 9.17) is 9.47 Å². The summed E-state index contributed by atoms with van der Waals surface area (Å²) in [6, 6.07) is 3.44. The third-order valence-electron chi connectivity index (χ3n) is 4.42. The molecule has 8 heteroatoms. The number of carbonyl (C=O) groups excluding carboxylic acids is 3. The summed E-state index contributed by atoms with van der Waals surface area (Å²) < 4.78 is 10.4. The molecule has 0 aromatic carbocycles. The van der Waals surface area contributed by atoms with E-state index < -0.39 is 0 Å². The first-order chi connectivity index (χ1) is 12.1. The molecule has 2 amide bonds. The third-order valence-corrected chi connectivity index (χ3v) is 4.42. The largest absolute Gasteiger partial charge is 0.480 e. The van der Waals surface area contributed by atoms with Crippen LogP contribution in [0.5, 0.6) is 5.75 Å². The van der Waals surface area contributed by atoms with E-state index in [0.717, 1.165) is 0 Å². The number of carbonyl (C=O) groups is 3. The van der Waals surface area contributed by atoms with Gasteiger partial charge in [0.05, 0.1) is 12.5 Å². The molecule has 2 aliphatic rings. The van der Waals surface area contributed by atoms with E-state index in [1.807, 2.05) is 0 Å². The normalized spacial score (nSPS) is 17.7. The summed E-state index contributed by atoms with van der Waals surface area (Å²) in [6.45, 7) is 2.93. The maximum atomic E-state index is 12.6. The van der Waals surface area contributed by atoms with Crippen molar-refractivity contribution in [2.24, 2.45) is 5.92 Å². The number of nitrogens with zero attached hydrogens (tertiary/aromatic N) is 3. The first kappa shape index (κ1) is 17.2. The van der Waals surface area contributed by atoms with Crippen molar-refractivity contribution in [1.29, 1.82) is 0 Å². The van der Waals surface area contributed by atoms with Crippen molar-refractivity contribution in [3.8, 4) is 5.75 Å². The highest BCUT2D eigenvalue weighted by Gasteiger charge is 2.32. The standard InChI is InChI=1S/C17H21N3O5/c1-2-24-17(23)12-5-8-19(9-6-12)14(21)10-20-15(22)11-25-13-4-3-7-18-16(13)20/h3-4,7,12H,2,5-6,8-11H2,1H3. The maximum absolute atomic E-state index is 12.6. The van der Waals surface area contributed by atoms with Gasteiger partial charge in [-0.2, -0.15) is 0 Å². The van der Waals surface area contributed by atoms with Crippen LogP contribution < -0.4 is 9.64 Å². The average molecular weight is 347 g/mol. The number of anilines is 1. The van der Waals surface area contributed by atoms with E-state index in [0.29, 0.717) is 44.1 Å². The lowest BCUT2D eigenvalue weighted by molar-refractivity contribution is -0.151. The molecule has 8 nitrogen and oxygen atoms in total. The fourth-order valence-electron chi connectivity index (χ4n) is 3.06. The number of esters is 1. The molecule has 1 aromatic rings. The number of amides is 2. The van der Waals surface area contributed by atoms with Crippen LogP contribution >= 0.6 is 0 Å². The molecule has 134 valence electrons. The number of rotatable bonds is 4. The topological polar surface area (TPSA) is 89.0 Å². The lowest BCUT2D eigenvalue weighted by atomic mass is 9.97. The molecule has 1 aromatic heterocycles. The second-order valence-electron chi connectivity index (χ2n) is 6.00. The van der Waals surface area contributed by atoms with E-state index in [-0.39, 0.29) is 36.9 Å². The minimum Gasteiger partial charge on any atom is -0.480 e. The highest BCUT2D eigenvalue weighted by atomic mass is 16.5. The van der Waals surface area contributed by atoms with Gasteiger partial charge in [-0.25, -0.2) is 4.98 Å². The summed E-state index contributed by atoms with van der Waals surface area (Å²) in [7, 11) is 0. The smallest absolute Gasteiger partial charge is 0.309 e. The Kier molecular flexibility index (Phi) is 5.16. The van der Waals surface area contributed by atoms with Crippen LogP contribution in [-0.4, -0.2) is 60.5 Å². The molecule has 3 heterocycles. The lowest BCUT2D eigenvalue weighted by Crippen LogP contribution is -2.49. The summed E-state index contributed by atoms with van der Waals surface area (Å²) in [5.41, 5.74) is 0. The van der Waals surface area contributed by atoms with E-state index in [1.54, 1.807) is 30.2 Å². The molecule has 3 rings (SSSR count). The van der Waals surface area contributed by atoms with Crippen LogP contribution in [0.15, 0.2) is 18.3 Å². The van der Waals surface area contributed by atoms with Crippen LogP contribution in [0.3, 0.4) is 0 Å². The molecule has 1 saturated heterocycles. The molecule has 0 atom stereocenters. The Bertz CT molecular complexity index is 670. The number of aromatic nitrogens is 1. The van der Waals surface area contributed by atoms with Crippen LogP contribution in [0.2, 0.25) is 0 Å². The quantitative estimate of drug-likeness (QED) is 0.742. The molecular formula is C17H21N3O5. The van der Waals surface area contributed by atoms with Gasteiger partial charge in [0.15, 0.2) is 18.2 Å². The van der Waals surface area contributed by atoms with Crippen LogP contribution in [0.4, 0.5) is 5.82 Å². The zero-order chi connectivity index (χ0) is 17.8. The van der Waals surface area contributed by atoms with Crippen molar-refractivity contribution in [3.63, 3.8) is 0 Å². The highest BCUT2D eigenvalue weighted by Crippen LogP contribution is 2.29. The molecule has 0 unspecified atom stereocenters. The third kappa shape index (κ3) is 3.72. The van der Waals surface area contributed by atoms with E-state index >= 15 is 0 Å². The Hall–Kier alpha value is -2.64. The Morgan fingerprint density at radius 2 is 2.12 bits per heavy atom. The summed E-state index contributed by atoms with van der Waals surface area (Å²) in [4.78, 5) is 43.7. The zero-order valence-electron chi connectivity index (χ0n) is 14.1. The van der Waals surface area contributed by atoms with Gasteiger partial charge in [-0.15, -0.1) is 0 Å². The van der Waals surface area contributed by atoms with Gasteiger partial charge in [0, 0.05) is 19.3 Å². The summed E-state index contributed by atoms with van der Waals surface area (Å²) in [6.07, 6.45) is 2.72. The number of ether oxygens (including phenoxy) is 2. The average Bonchev–Trinajstić information content (AvgIpc) is 2.64. The van der Waals surface area contributed by atoms with Gasteiger partial charge in [0.1, 0.15) is 6.54 Å². The van der Waals surface area contributed by atoms with Crippen LogP contribution in [0.1, 0.15) is 19.8 Å². The van der Waals surface area contributed by atoms with Gasteiger partial charge in [0.25, 0.3) is 5.91 Å². The zero-order valence-corrected chi connectivity index (χ0v) is 14.1. The Balaban J connectivity index is 1.60. The molecule has 25 heavy (non-hydrogen) atoms. The van der Waals surface area contributed by atoms with Gasteiger partial charge < -0.3 is 14.4 Å². The van der Waals surface area contributed by atoms with Crippen molar-refractivity contribution in [2.45, 2.75) is 19.8 Å². The minimum absolute atomic E-state index is 0.0731. The fraction of sp³-hybridized carbons (Fsp3) is 0.529. The lowest BCUT2D eigenvalue weighted by Gasteiger charge is -2.33. The van der Waals surface area contributed by atoms with Crippen molar-refractivity contribution < 1.29 is 23.9 Å². The molecule has 0 saturated carbocycles. The number of pyridine rings is 1. The molecule has 0 radical (unpaired) electrons. The van der Waals surface area contributed by atoms with Gasteiger partial charge in [0.2, 0.25) is 5.91 Å². The Morgan fingerprint density at radius 1 is 1.36 bits per heavy atom. The van der Waals surface area contributed by atoms with Gasteiger partial charge in [-0.1, -0.05) is 0 Å². The summed E-state index contributed by atoms with van der Waals surface area (Å²) >= 11 is 0. The number of likely N-dealkylation sites (tertiary alicyclic amines) is 1. The predicted octanol–water partition coefficient (Wildman–Crippen LogP) is 0.609. The van der Waals surface area contributed by atoms with Gasteiger partial charge >= 0.3 is 5.97 Å². The number of piperidine rings is 1. The van der Waals surface area contributed by atoms with Crippen molar-refractivity contribution in [3.05, 3.63) is 18.3 Å². The second-order valence-corrected chi connectivity index (χ2v) is 6.00. The van der Waals surface area contributed by atoms with Crippen molar-refractivity contribution >= 4 is 23.6 Å². The number of hydrogen-bond acceptors (Lipinski definition) is 6. The molecule has 0 aliphatic carbocycles. The van der Waals surface area contributed by atoms with Gasteiger partial charge in [-0.05, 0) is 31.9 Å². The van der Waals surface area contributed by atoms with Crippen LogP contribution in [0.25, 0.3) is 0 Å². The molecule has 0 N–H and O–H groups in total. The van der Waals surface area contributed by atoms with Gasteiger partial charge in [-0.3, -0.25) is 19.3 Å². The summed E-state index contributed by atoms with van der Waals surface area (Å²) in [5.74, 6) is 0.0621. The van der Waals surface area contributed by atoms with Crippen LogP contribution in [0, 0.1) is 5.92 Å². The molecular weight excluding hydrogens is 326 g/mol. The Labute approximate surface area is 145 Å². The predicted molar refractivity (Wildman–Crippen MR) is 88.0 cm³/mol. The molecule has 1 fully saturated rings. The van der Waals surface area contributed by atoms with Crippen LogP contribution in [-0.2, 0) is 19.1 Å². The SMILES string of the molecule is CCOC(=O)C1CCN(C(=O)CN2C(=O)COc3cccnc32)CC1. The number of fused-ring (bicyclic) bond motifs is 1.